The van der Waals surface area contributed by atoms with Crippen LogP contribution in [0.1, 0.15) is 22.8 Å². The van der Waals surface area contributed by atoms with E-state index in [0.717, 1.165) is 5.56 Å². The highest BCUT2D eigenvalue weighted by molar-refractivity contribution is 6.40. The van der Waals surface area contributed by atoms with Crippen LogP contribution < -0.4 is 10.6 Å². The summed E-state index contributed by atoms with van der Waals surface area (Å²) in [4.78, 5) is 23.8. The Morgan fingerprint density at radius 3 is 2.50 bits per heavy atom. The summed E-state index contributed by atoms with van der Waals surface area (Å²) in [6.45, 7) is 3.57. The molecule has 2 aromatic carbocycles. The van der Waals surface area contributed by atoms with E-state index in [1.165, 1.54) is 0 Å². The van der Waals surface area contributed by atoms with Crippen LogP contribution in [0.4, 0.5) is 5.69 Å². The van der Waals surface area contributed by atoms with E-state index in [1.54, 1.807) is 31.2 Å². The maximum absolute atomic E-state index is 11.9. The molecule has 2 amide bonds. The third-order valence-electron chi connectivity index (χ3n) is 3.73. The molecule has 0 aliphatic heterocycles. The summed E-state index contributed by atoms with van der Waals surface area (Å²) >= 11 is 5.98. The number of hydrogen-bond donors (Lipinski definition) is 3. The van der Waals surface area contributed by atoms with Gasteiger partial charge in [0.1, 0.15) is 0 Å². The lowest BCUT2D eigenvalue weighted by molar-refractivity contribution is -0.136. The maximum Gasteiger partial charge on any atom is 0.313 e. The average Bonchev–Trinajstić information content (AvgIpc) is 2.56. The van der Waals surface area contributed by atoms with E-state index in [4.69, 9.17) is 11.6 Å². The van der Waals surface area contributed by atoms with Crippen LogP contribution in [0.3, 0.4) is 0 Å². The molecule has 1 unspecified atom stereocenters. The average molecular weight is 347 g/mol. The Hall–Kier alpha value is -2.37. The van der Waals surface area contributed by atoms with Crippen LogP contribution in [0.2, 0.25) is 5.02 Å². The minimum atomic E-state index is -0.879. The van der Waals surface area contributed by atoms with E-state index in [0.29, 0.717) is 21.8 Å². The van der Waals surface area contributed by atoms with Crippen LogP contribution in [0.15, 0.2) is 42.5 Å². The van der Waals surface area contributed by atoms with E-state index in [1.807, 2.05) is 25.1 Å². The Kier molecular flexibility index (Phi) is 5.95. The van der Waals surface area contributed by atoms with Crippen molar-refractivity contribution in [1.82, 2.24) is 5.32 Å². The SMILES string of the molecule is Cc1ccccc1C(O)CNC(=O)C(=O)Nc1cccc(Cl)c1C. The number of benzene rings is 2. The van der Waals surface area contributed by atoms with Gasteiger partial charge in [-0.3, -0.25) is 9.59 Å². The van der Waals surface area contributed by atoms with E-state index < -0.39 is 17.9 Å². The Morgan fingerprint density at radius 2 is 1.79 bits per heavy atom. The first-order chi connectivity index (χ1) is 11.4. The topological polar surface area (TPSA) is 78.4 Å². The Morgan fingerprint density at radius 1 is 1.08 bits per heavy atom. The molecule has 0 aliphatic carbocycles. The number of aliphatic hydroxyl groups excluding tert-OH is 1. The maximum atomic E-state index is 11.9. The van der Waals surface area contributed by atoms with Gasteiger partial charge in [0.15, 0.2) is 0 Å². The number of aliphatic hydroxyl groups is 1. The van der Waals surface area contributed by atoms with Gasteiger partial charge in [0.25, 0.3) is 0 Å². The molecular formula is C18H19ClN2O3. The normalized spacial score (nSPS) is 11.7. The number of anilines is 1. The van der Waals surface area contributed by atoms with Crippen molar-refractivity contribution in [1.29, 1.82) is 0 Å². The number of nitrogens with one attached hydrogen (secondary N) is 2. The molecular weight excluding hydrogens is 328 g/mol. The number of carbonyl (C=O) groups is 2. The van der Waals surface area contributed by atoms with Crippen LogP contribution >= 0.6 is 11.6 Å². The van der Waals surface area contributed by atoms with E-state index in [9.17, 15) is 14.7 Å². The fourth-order valence-corrected chi connectivity index (χ4v) is 2.44. The Labute approximate surface area is 145 Å². The van der Waals surface area contributed by atoms with Gasteiger partial charge < -0.3 is 15.7 Å². The van der Waals surface area contributed by atoms with Gasteiger partial charge >= 0.3 is 11.8 Å². The van der Waals surface area contributed by atoms with Crippen LogP contribution in [0.5, 0.6) is 0 Å². The van der Waals surface area contributed by atoms with Crippen molar-refractivity contribution in [2.24, 2.45) is 0 Å². The lowest BCUT2D eigenvalue weighted by Gasteiger charge is -2.14. The first-order valence-corrected chi connectivity index (χ1v) is 7.86. The molecule has 0 saturated heterocycles. The van der Waals surface area contributed by atoms with Crippen molar-refractivity contribution in [2.75, 3.05) is 11.9 Å². The highest BCUT2D eigenvalue weighted by Crippen LogP contribution is 2.22. The molecule has 0 radical (unpaired) electrons. The molecule has 1 atom stereocenters. The number of amides is 2. The van der Waals surface area contributed by atoms with E-state index in [-0.39, 0.29) is 6.54 Å². The van der Waals surface area contributed by atoms with Crippen LogP contribution in [0, 0.1) is 13.8 Å². The smallest absolute Gasteiger partial charge is 0.313 e. The summed E-state index contributed by atoms with van der Waals surface area (Å²) in [5.74, 6) is -1.63. The minimum Gasteiger partial charge on any atom is -0.387 e. The van der Waals surface area contributed by atoms with Crippen LogP contribution in [0.25, 0.3) is 0 Å². The number of aryl methyl sites for hydroxylation is 1. The number of halogens is 1. The molecule has 0 aromatic heterocycles. The van der Waals surface area contributed by atoms with Crippen LogP contribution in [-0.4, -0.2) is 23.5 Å². The summed E-state index contributed by atoms with van der Waals surface area (Å²) in [5.41, 5.74) is 2.78. The number of rotatable bonds is 4. The Bertz CT molecular complexity index is 762. The molecule has 24 heavy (non-hydrogen) atoms. The summed E-state index contributed by atoms with van der Waals surface area (Å²) in [6.07, 6.45) is -0.879. The summed E-state index contributed by atoms with van der Waals surface area (Å²) in [6, 6.07) is 12.4. The molecule has 0 bridgehead atoms. The van der Waals surface area contributed by atoms with Gasteiger partial charge in [-0.05, 0) is 42.7 Å². The van der Waals surface area contributed by atoms with Gasteiger partial charge in [0, 0.05) is 17.3 Å². The second kappa shape index (κ2) is 7.95. The van der Waals surface area contributed by atoms with Crippen molar-refractivity contribution in [3.05, 3.63) is 64.2 Å². The van der Waals surface area contributed by atoms with Crippen LogP contribution in [-0.2, 0) is 9.59 Å². The fourth-order valence-electron chi connectivity index (χ4n) is 2.26. The van der Waals surface area contributed by atoms with E-state index in [2.05, 4.69) is 10.6 Å². The lowest BCUT2D eigenvalue weighted by atomic mass is 10.0. The predicted molar refractivity (Wildman–Crippen MR) is 94.0 cm³/mol. The van der Waals surface area contributed by atoms with Gasteiger partial charge in [-0.25, -0.2) is 0 Å². The zero-order chi connectivity index (χ0) is 17.7. The largest absolute Gasteiger partial charge is 0.387 e. The molecule has 0 aliphatic rings. The molecule has 0 fully saturated rings. The van der Waals surface area contributed by atoms with Crippen molar-refractivity contribution in [2.45, 2.75) is 20.0 Å². The number of carbonyl (C=O) groups excluding carboxylic acids is 2. The standard InChI is InChI=1S/C18H19ClN2O3/c1-11-6-3-4-7-13(11)16(22)10-20-17(23)18(24)21-15-9-5-8-14(19)12(15)2/h3-9,16,22H,10H2,1-2H3,(H,20,23)(H,21,24). The van der Waals surface area contributed by atoms with Crippen molar-refractivity contribution < 1.29 is 14.7 Å². The molecule has 2 aromatic rings. The third-order valence-corrected chi connectivity index (χ3v) is 4.14. The van der Waals surface area contributed by atoms with Gasteiger partial charge in [-0.15, -0.1) is 0 Å². The molecule has 0 spiro atoms. The molecule has 3 N–H and O–H groups in total. The summed E-state index contributed by atoms with van der Waals surface area (Å²) in [7, 11) is 0. The van der Waals surface area contributed by atoms with Gasteiger partial charge in [0.2, 0.25) is 0 Å². The van der Waals surface area contributed by atoms with Crippen molar-refractivity contribution >= 4 is 29.1 Å². The fraction of sp³-hybridized carbons (Fsp3) is 0.222. The van der Waals surface area contributed by atoms with Crippen molar-refractivity contribution in [3.8, 4) is 0 Å². The zero-order valence-electron chi connectivity index (χ0n) is 13.5. The lowest BCUT2D eigenvalue weighted by Crippen LogP contribution is -2.37. The highest BCUT2D eigenvalue weighted by atomic mass is 35.5. The van der Waals surface area contributed by atoms with Crippen molar-refractivity contribution in [3.63, 3.8) is 0 Å². The monoisotopic (exact) mass is 346 g/mol. The summed E-state index contributed by atoms with van der Waals surface area (Å²) < 4.78 is 0. The molecule has 5 nitrogen and oxygen atoms in total. The predicted octanol–water partition coefficient (Wildman–Crippen LogP) is 2.75. The highest BCUT2D eigenvalue weighted by Gasteiger charge is 2.17. The second-order valence-corrected chi connectivity index (χ2v) is 5.86. The summed E-state index contributed by atoms with van der Waals surface area (Å²) in [5, 5.41) is 15.6. The second-order valence-electron chi connectivity index (χ2n) is 5.45. The first-order valence-electron chi connectivity index (χ1n) is 7.48. The Balaban J connectivity index is 1.94. The minimum absolute atomic E-state index is 0.0500. The molecule has 126 valence electrons. The molecule has 6 heteroatoms. The molecule has 0 heterocycles. The molecule has 2 rings (SSSR count). The van der Waals surface area contributed by atoms with Gasteiger partial charge in [-0.2, -0.15) is 0 Å². The quantitative estimate of drug-likeness (QED) is 0.745. The van der Waals surface area contributed by atoms with Gasteiger partial charge in [-0.1, -0.05) is 41.9 Å². The first kappa shape index (κ1) is 18.0. The number of hydrogen-bond acceptors (Lipinski definition) is 3. The van der Waals surface area contributed by atoms with E-state index >= 15 is 0 Å². The van der Waals surface area contributed by atoms with Gasteiger partial charge in [0.05, 0.1) is 6.10 Å². The zero-order valence-corrected chi connectivity index (χ0v) is 14.2. The third kappa shape index (κ3) is 4.34. The molecule has 0 saturated carbocycles.